The van der Waals surface area contributed by atoms with Crippen LogP contribution in [0.1, 0.15) is 18.4 Å². The number of anilines is 2. The molecule has 0 unspecified atom stereocenters. The number of hydrogen-bond donors (Lipinski definition) is 1. The second kappa shape index (κ2) is 6.67. The number of benzene rings is 2. The Morgan fingerprint density at radius 1 is 1.21 bits per heavy atom. The quantitative estimate of drug-likeness (QED) is 0.669. The maximum atomic E-state index is 6.23. The molecule has 3 nitrogen and oxygen atoms in total. The zero-order valence-corrected chi connectivity index (χ0v) is 14.5. The normalized spacial score (nSPS) is 16.5. The Kier molecular flexibility index (Phi) is 4.59. The first kappa shape index (κ1) is 16.5. The van der Waals surface area contributed by atoms with Gasteiger partial charge < -0.3 is 15.4 Å². The van der Waals surface area contributed by atoms with Crippen LogP contribution >= 0.6 is 11.6 Å². The van der Waals surface area contributed by atoms with Gasteiger partial charge in [0, 0.05) is 37.3 Å². The minimum atomic E-state index is -0.626. The number of nitrogen functional groups attached to an aromatic ring is 1. The lowest BCUT2D eigenvalue weighted by Crippen LogP contribution is -2.47. The van der Waals surface area contributed by atoms with Crippen LogP contribution in [0.3, 0.4) is 0 Å². The zero-order valence-electron chi connectivity index (χ0n) is 13.8. The molecule has 0 saturated carbocycles. The van der Waals surface area contributed by atoms with Crippen molar-refractivity contribution in [2.24, 2.45) is 0 Å². The third kappa shape index (κ3) is 3.29. The van der Waals surface area contributed by atoms with E-state index in [1.165, 1.54) is 11.3 Å². The van der Waals surface area contributed by atoms with Gasteiger partial charge in [-0.25, -0.2) is 0 Å². The van der Waals surface area contributed by atoms with Crippen LogP contribution in [0.25, 0.3) is 0 Å². The summed E-state index contributed by atoms with van der Waals surface area (Å²) in [5.74, 6) is 3.45. The largest absolute Gasteiger partial charge is 0.473 e. The molecule has 3 rings (SSSR count). The molecular weight excluding hydrogens is 320 g/mol. The second-order valence-electron chi connectivity index (χ2n) is 6.20. The first-order chi connectivity index (χ1) is 11.5. The number of halogens is 1. The van der Waals surface area contributed by atoms with Gasteiger partial charge in [-0.05, 0) is 36.8 Å². The lowest BCUT2D eigenvalue weighted by Gasteiger charge is -2.40. The highest BCUT2D eigenvalue weighted by Gasteiger charge is 2.35. The van der Waals surface area contributed by atoms with Crippen molar-refractivity contribution < 1.29 is 4.74 Å². The SMILES string of the molecule is C#CC1(Oc2ccc(N)cc2Cl)CCN(c2ccccc2C)CC1. The molecule has 2 N–H and O–H groups in total. The molecule has 24 heavy (non-hydrogen) atoms. The van der Waals surface area contributed by atoms with Gasteiger partial charge in [0.1, 0.15) is 5.75 Å². The van der Waals surface area contributed by atoms with E-state index in [1.54, 1.807) is 18.2 Å². The number of aryl methyl sites for hydroxylation is 1. The molecular formula is C20H21ClN2O. The summed E-state index contributed by atoms with van der Waals surface area (Å²) in [5.41, 5.74) is 8.25. The summed E-state index contributed by atoms with van der Waals surface area (Å²) < 4.78 is 6.14. The van der Waals surface area contributed by atoms with Gasteiger partial charge in [-0.3, -0.25) is 0 Å². The average Bonchev–Trinajstić information content (AvgIpc) is 2.59. The summed E-state index contributed by atoms with van der Waals surface area (Å²) >= 11 is 6.23. The summed E-state index contributed by atoms with van der Waals surface area (Å²) in [6, 6.07) is 13.6. The number of piperidine rings is 1. The van der Waals surface area contributed by atoms with Crippen LogP contribution in [0.15, 0.2) is 42.5 Å². The van der Waals surface area contributed by atoms with Crippen LogP contribution in [0.2, 0.25) is 5.02 Å². The Bertz CT molecular complexity index is 773. The van der Waals surface area contributed by atoms with E-state index in [-0.39, 0.29) is 0 Å². The molecule has 0 bridgehead atoms. The minimum Gasteiger partial charge on any atom is -0.473 e. The van der Waals surface area contributed by atoms with Crippen molar-refractivity contribution in [3.63, 3.8) is 0 Å². The summed E-state index contributed by atoms with van der Waals surface area (Å²) in [6.07, 6.45) is 7.32. The summed E-state index contributed by atoms with van der Waals surface area (Å²) in [6.45, 7) is 3.83. The van der Waals surface area contributed by atoms with Crippen LogP contribution < -0.4 is 15.4 Å². The van der Waals surface area contributed by atoms with Crippen molar-refractivity contribution in [3.05, 3.63) is 53.1 Å². The second-order valence-corrected chi connectivity index (χ2v) is 6.61. The van der Waals surface area contributed by atoms with Gasteiger partial charge in [0.2, 0.25) is 0 Å². The lowest BCUT2D eigenvalue weighted by molar-refractivity contribution is 0.102. The average molecular weight is 341 g/mol. The van der Waals surface area contributed by atoms with Crippen LogP contribution in [0.4, 0.5) is 11.4 Å². The van der Waals surface area contributed by atoms with Crippen LogP contribution in [-0.2, 0) is 0 Å². The Hall–Kier alpha value is -2.31. The maximum absolute atomic E-state index is 6.23. The van der Waals surface area contributed by atoms with Gasteiger partial charge in [-0.15, -0.1) is 6.42 Å². The molecule has 1 aliphatic rings. The summed E-state index contributed by atoms with van der Waals surface area (Å²) in [5, 5.41) is 0.492. The molecule has 1 heterocycles. The molecule has 0 aromatic heterocycles. The van der Waals surface area contributed by atoms with Crippen molar-refractivity contribution in [1.29, 1.82) is 0 Å². The number of nitrogens with zero attached hydrogens (tertiary/aromatic N) is 1. The molecule has 0 radical (unpaired) electrons. The van der Waals surface area contributed by atoms with Crippen molar-refractivity contribution in [2.45, 2.75) is 25.4 Å². The molecule has 0 atom stereocenters. The number of para-hydroxylation sites is 1. The third-order valence-electron chi connectivity index (χ3n) is 4.55. The van der Waals surface area contributed by atoms with E-state index in [0.717, 1.165) is 25.9 Å². The number of nitrogens with two attached hydrogens (primary N) is 1. The van der Waals surface area contributed by atoms with Crippen LogP contribution in [-0.4, -0.2) is 18.7 Å². The van der Waals surface area contributed by atoms with Crippen molar-refractivity contribution in [2.75, 3.05) is 23.7 Å². The van der Waals surface area contributed by atoms with Gasteiger partial charge in [-0.1, -0.05) is 35.7 Å². The van der Waals surface area contributed by atoms with Gasteiger partial charge in [0.15, 0.2) is 5.60 Å². The highest BCUT2D eigenvalue weighted by Crippen LogP contribution is 2.35. The number of terminal acetylenes is 1. The van der Waals surface area contributed by atoms with Crippen molar-refractivity contribution in [3.8, 4) is 18.1 Å². The number of ether oxygens (including phenoxy) is 1. The molecule has 4 heteroatoms. The highest BCUT2D eigenvalue weighted by atomic mass is 35.5. The smallest absolute Gasteiger partial charge is 0.172 e. The minimum absolute atomic E-state index is 0.492. The fourth-order valence-corrected chi connectivity index (χ4v) is 3.34. The Morgan fingerprint density at radius 2 is 1.92 bits per heavy atom. The van der Waals surface area contributed by atoms with E-state index in [2.05, 4.69) is 42.0 Å². The maximum Gasteiger partial charge on any atom is 0.172 e. The van der Waals surface area contributed by atoms with Gasteiger partial charge >= 0.3 is 0 Å². The molecule has 2 aromatic carbocycles. The summed E-state index contributed by atoms with van der Waals surface area (Å²) in [7, 11) is 0. The van der Waals surface area contributed by atoms with Gasteiger partial charge in [0.25, 0.3) is 0 Å². The summed E-state index contributed by atoms with van der Waals surface area (Å²) in [4.78, 5) is 2.36. The van der Waals surface area contributed by atoms with Crippen molar-refractivity contribution >= 4 is 23.0 Å². The molecule has 0 amide bonds. The molecule has 0 aliphatic carbocycles. The number of rotatable bonds is 3. The predicted octanol–water partition coefficient (Wildman–Crippen LogP) is 4.28. The molecule has 0 spiro atoms. The van der Waals surface area contributed by atoms with Crippen LogP contribution in [0.5, 0.6) is 5.75 Å². The van der Waals surface area contributed by atoms with E-state index < -0.39 is 5.60 Å². The van der Waals surface area contributed by atoms with E-state index in [9.17, 15) is 0 Å². The monoisotopic (exact) mass is 340 g/mol. The zero-order chi connectivity index (χ0) is 17.2. The Labute approximate surface area is 148 Å². The van der Waals surface area contributed by atoms with Gasteiger partial charge in [0.05, 0.1) is 5.02 Å². The fraction of sp³-hybridized carbons (Fsp3) is 0.300. The molecule has 1 saturated heterocycles. The van der Waals surface area contributed by atoms with E-state index in [0.29, 0.717) is 16.5 Å². The van der Waals surface area contributed by atoms with Crippen LogP contribution in [0, 0.1) is 19.3 Å². The first-order valence-electron chi connectivity index (χ1n) is 8.05. The topological polar surface area (TPSA) is 38.5 Å². The lowest BCUT2D eigenvalue weighted by atomic mass is 9.91. The molecule has 124 valence electrons. The van der Waals surface area contributed by atoms with Gasteiger partial charge in [-0.2, -0.15) is 0 Å². The van der Waals surface area contributed by atoms with E-state index in [1.807, 2.05) is 0 Å². The molecule has 1 fully saturated rings. The number of hydrogen-bond acceptors (Lipinski definition) is 3. The van der Waals surface area contributed by atoms with E-state index in [4.69, 9.17) is 28.5 Å². The Balaban J connectivity index is 1.75. The molecule has 1 aliphatic heterocycles. The predicted molar refractivity (Wildman–Crippen MR) is 101 cm³/mol. The third-order valence-corrected chi connectivity index (χ3v) is 4.85. The van der Waals surface area contributed by atoms with E-state index >= 15 is 0 Å². The first-order valence-corrected chi connectivity index (χ1v) is 8.43. The Morgan fingerprint density at radius 3 is 2.54 bits per heavy atom. The fourth-order valence-electron chi connectivity index (χ4n) is 3.11. The highest BCUT2D eigenvalue weighted by molar-refractivity contribution is 6.32. The standard InChI is InChI=1S/C20H21ClN2O/c1-3-20(24-19-9-8-16(22)14-17(19)21)10-12-23(13-11-20)18-7-5-4-6-15(18)2/h1,4-9,14H,10-13,22H2,2H3. The molecule has 2 aromatic rings. The van der Waals surface area contributed by atoms with Crippen molar-refractivity contribution in [1.82, 2.24) is 0 Å².